The largest absolute Gasteiger partial charge is 0.339 e. The van der Waals surface area contributed by atoms with Crippen LogP contribution in [-0.4, -0.2) is 35.4 Å². The van der Waals surface area contributed by atoms with Gasteiger partial charge >= 0.3 is 0 Å². The SMILES string of the molecule is CC(C)NCCC(=O)N(C)C(C)c1ccncc1. The zero-order chi connectivity index (χ0) is 13.5. The van der Waals surface area contributed by atoms with E-state index in [2.05, 4.69) is 24.1 Å². The fourth-order valence-electron chi connectivity index (χ4n) is 1.73. The first-order chi connectivity index (χ1) is 8.52. The molecule has 0 aliphatic heterocycles. The number of pyridine rings is 1. The van der Waals surface area contributed by atoms with Crippen LogP contribution in [0.15, 0.2) is 24.5 Å². The zero-order valence-electron chi connectivity index (χ0n) is 11.7. The van der Waals surface area contributed by atoms with Crippen LogP contribution in [0.25, 0.3) is 0 Å². The number of carbonyl (C=O) groups excluding carboxylic acids is 1. The normalized spacial score (nSPS) is 12.5. The van der Waals surface area contributed by atoms with Gasteiger partial charge in [0.15, 0.2) is 0 Å². The number of nitrogens with one attached hydrogen (secondary N) is 1. The molecule has 1 aromatic heterocycles. The second kappa shape index (κ2) is 7.11. The molecule has 0 radical (unpaired) electrons. The van der Waals surface area contributed by atoms with Crippen molar-refractivity contribution >= 4 is 5.91 Å². The van der Waals surface area contributed by atoms with Gasteiger partial charge in [0, 0.05) is 38.4 Å². The van der Waals surface area contributed by atoms with Crippen LogP contribution < -0.4 is 5.32 Å². The standard InChI is InChI=1S/C14H23N3O/c1-11(2)16-10-7-14(18)17(4)12(3)13-5-8-15-9-6-13/h5-6,8-9,11-12,16H,7,10H2,1-4H3. The Morgan fingerprint density at radius 3 is 2.50 bits per heavy atom. The number of carbonyl (C=O) groups is 1. The molecule has 1 amide bonds. The molecule has 0 spiro atoms. The smallest absolute Gasteiger partial charge is 0.224 e. The molecule has 0 aliphatic rings. The molecule has 0 saturated heterocycles. The first-order valence-corrected chi connectivity index (χ1v) is 6.41. The number of amides is 1. The van der Waals surface area contributed by atoms with Gasteiger partial charge in [-0.2, -0.15) is 0 Å². The fourth-order valence-corrected chi connectivity index (χ4v) is 1.73. The van der Waals surface area contributed by atoms with Gasteiger partial charge in [-0.15, -0.1) is 0 Å². The summed E-state index contributed by atoms with van der Waals surface area (Å²) < 4.78 is 0. The van der Waals surface area contributed by atoms with Crippen molar-refractivity contribution in [3.63, 3.8) is 0 Å². The number of nitrogens with zero attached hydrogens (tertiary/aromatic N) is 2. The molecule has 0 bridgehead atoms. The number of aromatic nitrogens is 1. The van der Waals surface area contributed by atoms with Gasteiger partial charge in [0.25, 0.3) is 0 Å². The van der Waals surface area contributed by atoms with Gasteiger partial charge in [0.05, 0.1) is 6.04 Å². The molecule has 1 unspecified atom stereocenters. The van der Waals surface area contributed by atoms with Crippen molar-refractivity contribution < 1.29 is 4.79 Å². The summed E-state index contributed by atoms with van der Waals surface area (Å²) in [5.74, 6) is 0.160. The molecule has 0 saturated carbocycles. The first-order valence-electron chi connectivity index (χ1n) is 6.41. The molecule has 1 N–H and O–H groups in total. The topological polar surface area (TPSA) is 45.2 Å². The van der Waals surface area contributed by atoms with E-state index in [4.69, 9.17) is 0 Å². The summed E-state index contributed by atoms with van der Waals surface area (Å²) in [5, 5.41) is 3.25. The molecule has 1 atom stereocenters. The van der Waals surface area contributed by atoms with E-state index in [1.807, 2.05) is 26.1 Å². The Morgan fingerprint density at radius 1 is 1.33 bits per heavy atom. The van der Waals surface area contributed by atoms with E-state index < -0.39 is 0 Å². The molecular formula is C14H23N3O. The molecule has 1 aromatic rings. The van der Waals surface area contributed by atoms with Crippen LogP contribution in [0.2, 0.25) is 0 Å². The Kier molecular flexibility index (Phi) is 5.78. The maximum atomic E-state index is 12.0. The minimum Gasteiger partial charge on any atom is -0.339 e. The Balaban J connectivity index is 2.48. The van der Waals surface area contributed by atoms with Crippen molar-refractivity contribution in [1.82, 2.24) is 15.2 Å². The maximum Gasteiger partial charge on any atom is 0.224 e. The highest BCUT2D eigenvalue weighted by atomic mass is 16.2. The first kappa shape index (κ1) is 14.6. The van der Waals surface area contributed by atoms with E-state index in [1.165, 1.54) is 0 Å². The summed E-state index contributed by atoms with van der Waals surface area (Å²) in [4.78, 5) is 17.8. The van der Waals surface area contributed by atoms with Crippen LogP contribution in [0.1, 0.15) is 38.8 Å². The quantitative estimate of drug-likeness (QED) is 0.838. The summed E-state index contributed by atoms with van der Waals surface area (Å²) in [6, 6.07) is 4.39. The Morgan fingerprint density at radius 2 is 1.94 bits per heavy atom. The lowest BCUT2D eigenvalue weighted by atomic mass is 10.1. The maximum absolute atomic E-state index is 12.0. The second-order valence-corrected chi connectivity index (χ2v) is 4.82. The average molecular weight is 249 g/mol. The third kappa shape index (κ3) is 4.45. The number of rotatable bonds is 6. The van der Waals surface area contributed by atoms with Crippen LogP contribution in [0.4, 0.5) is 0 Å². The molecule has 0 aliphatic carbocycles. The molecule has 0 aromatic carbocycles. The zero-order valence-corrected chi connectivity index (χ0v) is 11.7. The molecule has 1 heterocycles. The highest BCUT2D eigenvalue weighted by molar-refractivity contribution is 5.76. The van der Waals surface area contributed by atoms with Gasteiger partial charge in [-0.05, 0) is 24.6 Å². The summed E-state index contributed by atoms with van der Waals surface area (Å²) >= 11 is 0. The summed E-state index contributed by atoms with van der Waals surface area (Å²) in [5.41, 5.74) is 1.11. The predicted octanol–water partition coefficient (Wildman–Crippen LogP) is 1.99. The van der Waals surface area contributed by atoms with Crippen molar-refractivity contribution in [3.8, 4) is 0 Å². The Bertz CT molecular complexity index is 365. The van der Waals surface area contributed by atoms with E-state index in [0.717, 1.165) is 12.1 Å². The Hall–Kier alpha value is -1.42. The van der Waals surface area contributed by atoms with Gasteiger partial charge in [-0.25, -0.2) is 0 Å². The van der Waals surface area contributed by atoms with Crippen LogP contribution in [-0.2, 0) is 4.79 Å². The molecule has 18 heavy (non-hydrogen) atoms. The summed E-state index contributed by atoms with van der Waals surface area (Å²) in [7, 11) is 1.85. The van der Waals surface area contributed by atoms with E-state index in [0.29, 0.717) is 12.5 Å². The molecule has 4 heteroatoms. The van der Waals surface area contributed by atoms with Gasteiger partial charge in [0.2, 0.25) is 5.91 Å². The van der Waals surface area contributed by atoms with E-state index in [-0.39, 0.29) is 11.9 Å². The minimum atomic E-state index is 0.0829. The molecule has 0 fully saturated rings. The number of hydrogen-bond acceptors (Lipinski definition) is 3. The predicted molar refractivity (Wildman–Crippen MR) is 73.2 cm³/mol. The molecule has 1 rings (SSSR count). The third-order valence-electron chi connectivity index (χ3n) is 3.05. The van der Waals surface area contributed by atoms with E-state index >= 15 is 0 Å². The monoisotopic (exact) mass is 249 g/mol. The highest BCUT2D eigenvalue weighted by Gasteiger charge is 2.16. The van der Waals surface area contributed by atoms with Crippen LogP contribution in [0.3, 0.4) is 0 Å². The van der Waals surface area contributed by atoms with Crippen molar-refractivity contribution in [1.29, 1.82) is 0 Å². The van der Waals surface area contributed by atoms with Gasteiger partial charge in [-0.1, -0.05) is 13.8 Å². The fraction of sp³-hybridized carbons (Fsp3) is 0.571. The van der Waals surface area contributed by atoms with Crippen molar-refractivity contribution in [2.24, 2.45) is 0 Å². The van der Waals surface area contributed by atoms with Crippen LogP contribution in [0, 0.1) is 0 Å². The van der Waals surface area contributed by atoms with Crippen LogP contribution >= 0.6 is 0 Å². The van der Waals surface area contributed by atoms with Crippen LogP contribution in [0.5, 0.6) is 0 Å². The average Bonchev–Trinajstić information content (AvgIpc) is 2.37. The lowest BCUT2D eigenvalue weighted by Crippen LogP contribution is -2.33. The number of hydrogen-bond donors (Lipinski definition) is 1. The lowest BCUT2D eigenvalue weighted by molar-refractivity contribution is -0.131. The van der Waals surface area contributed by atoms with Crippen molar-refractivity contribution in [2.45, 2.75) is 39.3 Å². The van der Waals surface area contributed by atoms with Crippen molar-refractivity contribution in [3.05, 3.63) is 30.1 Å². The van der Waals surface area contributed by atoms with Gasteiger partial charge < -0.3 is 10.2 Å². The minimum absolute atomic E-state index is 0.0829. The van der Waals surface area contributed by atoms with Gasteiger partial charge in [0.1, 0.15) is 0 Å². The summed E-state index contributed by atoms with van der Waals surface area (Å²) in [6.45, 7) is 6.91. The highest BCUT2D eigenvalue weighted by Crippen LogP contribution is 2.17. The third-order valence-corrected chi connectivity index (χ3v) is 3.05. The molecular weight excluding hydrogens is 226 g/mol. The Labute approximate surface area is 109 Å². The lowest BCUT2D eigenvalue weighted by Gasteiger charge is -2.25. The second-order valence-electron chi connectivity index (χ2n) is 4.82. The van der Waals surface area contributed by atoms with Crippen molar-refractivity contribution in [2.75, 3.05) is 13.6 Å². The molecule has 4 nitrogen and oxygen atoms in total. The summed E-state index contributed by atoms with van der Waals surface area (Å²) in [6.07, 6.45) is 4.04. The van der Waals surface area contributed by atoms with E-state index in [9.17, 15) is 4.79 Å². The molecule has 100 valence electrons. The van der Waals surface area contributed by atoms with E-state index in [1.54, 1.807) is 17.3 Å². The van der Waals surface area contributed by atoms with Gasteiger partial charge in [-0.3, -0.25) is 9.78 Å².